The maximum atomic E-state index is 13.4. The van der Waals surface area contributed by atoms with E-state index in [0.29, 0.717) is 5.01 Å². The first-order chi connectivity index (χ1) is 14.0. The molecule has 0 unspecified atom stereocenters. The van der Waals surface area contributed by atoms with Crippen molar-refractivity contribution in [3.05, 3.63) is 45.6 Å². The van der Waals surface area contributed by atoms with Crippen LogP contribution in [0.25, 0.3) is 0 Å². The lowest BCUT2D eigenvalue weighted by Gasteiger charge is -2.37. The summed E-state index contributed by atoms with van der Waals surface area (Å²) in [6, 6.07) is 1.58. The van der Waals surface area contributed by atoms with Crippen molar-refractivity contribution in [2.24, 2.45) is 0 Å². The van der Waals surface area contributed by atoms with Crippen molar-refractivity contribution in [3.8, 4) is 0 Å². The van der Waals surface area contributed by atoms with Gasteiger partial charge in [-0.15, -0.1) is 11.3 Å². The number of aromatic nitrogens is 1. The van der Waals surface area contributed by atoms with Crippen LogP contribution in [0.15, 0.2) is 29.8 Å². The van der Waals surface area contributed by atoms with Crippen molar-refractivity contribution in [2.75, 3.05) is 23.9 Å². The molecule has 9 nitrogen and oxygen atoms in total. The SMILES string of the molecule is CS(=O)(=O)CCN1[C@H](C(=O)Nc2ccc(F)c(Cl)c2)C[C@H](c2nccs2)NS1(=O)=O. The normalized spacial score (nSPS) is 22.0. The summed E-state index contributed by atoms with van der Waals surface area (Å²) in [7, 11) is -7.67. The third-order valence-electron chi connectivity index (χ3n) is 4.33. The van der Waals surface area contributed by atoms with Crippen LogP contribution in [0.5, 0.6) is 0 Å². The highest BCUT2D eigenvalue weighted by Crippen LogP contribution is 2.30. The van der Waals surface area contributed by atoms with E-state index in [1.807, 2.05) is 0 Å². The fraction of sp³-hybridized carbons (Fsp3) is 0.375. The fourth-order valence-corrected chi connectivity index (χ4v) is 6.08. The number of sulfone groups is 1. The van der Waals surface area contributed by atoms with Crippen LogP contribution in [0.3, 0.4) is 0 Å². The van der Waals surface area contributed by atoms with E-state index in [1.54, 1.807) is 5.38 Å². The number of hydrogen-bond donors (Lipinski definition) is 2. The topological polar surface area (TPSA) is 126 Å². The molecular formula is C16H18ClFN4O5S3. The highest BCUT2D eigenvalue weighted by atomic mass is 35.5. The van der Waals surface area contributed by atoms with Crippen LogP contribution in [-0.4, -0.2) is 56.6 Å². The molecule has 30 heavy (non-hydrogen) atoms. The molecule has 2 N–H and O–H groups in total. The van der Waals surface area contributed by atoms with Gasteiger partial charge in [0.1, 0.15) is 26.7 Å². The van der Waals surface area contributed by atoms with Crippen LogP contribution in [0.1, 0.15) is 17.5 Å². The van der Waals surface area contributed by atoms with Gasteiger partial charge in [0.2, 0.25) is 5.91 Å². The molecule has 0 radical (unpaired) electrons. The van der Waals surface area contributed by atoms with E-state index in [0.717, 1.165) is 16.6 Å². The second kappa shape index (κ2) is 8.85. The molecule has 1 fully saturated rings. The van der Waals surface area contributed by atoms with Gasteiger partial charge < -0.3 is 5.32 Å². The van der Waals surface area contributed by atoms with E-state index in [-0.39, 0.29) is 17.1 Å². The zero-order valence-corrected chi connectivity index (χ0v) is 18.8. The predicted octanol–water partition coefficient (Wildman–Crippen LogP) is 1.57. The van der Waals surface area contributed by atoms with Crippen LogP contribution >= 0.6 is 22.9 Å². The molecule has 164 valence electrons. The molecule has 3 rings (SSSR count). The summed E-state index contributed by atoms with van der Waals surface area (Å²) in [5.74, 6) is -1.82. The Morgan fingerprint density at radius 3 is 2.80 bits per heavy atom. The Labute approximate surface area is 182 Å². The zero-order chi connectivity index (χ0) is 22.1. The van der Waals surface area contributed by atoms with Crippen LogP contribution < -0.4 is 10.0 Å². The first-order valence-electron chi connectivity index (χ1n) is 8.58. The molecule has 0 bridgehead atoms. The lowest BCUT2D eigenvalue weighted by molar-refractivity contribution is -0.120. The largest absolute Gasteiger partial charge is 0.325 e. The van der Waals surface area contributed by atoms with Gasteiger partial charge in [-0.2, -0.15) is 17.4 Å². The first-order valence-corrected chi connectivity index (χ1v) is 13.3. The summed E-state index contributed by atoms with van der Waals surface area (Å²) in [5, 5.41) is 4.46. The van der Waals surface area contributed by atoms with Crippen molar-refractivity contribution >= 4 is 54.6 Å². The monoisotopic (exact) mass is 496 g/mol. The Morgan fingerprint density at radius 2 is 2.20 bits per heavy atom. The number of benzene rings is 1. The number of thiazole rings is 1. The molecular weight excluding hydrogens is 479 g/mol. The van der Waals surface area contributed by atoms with Gasteiger partial charge in [-0.1, -0.05) is 11.6 Å². The van der Waals surface area contributed by atoms with Gasteiger partial charge in [-0.05, 0) is 24.6 Å². The molecule has 1 aromatic heterocycles. The number of amides is 1. The number of rotatable bonds is 6. The second-order valence-electron chi connectivity index (χ2n) is 6.66. The van der Waals surface area contributed by atoms with Crippen molar-refractivity contribution in [1.82, 2.24) is 14.0 Å². The number of carbonyl (C=O) groups excluding carboxylic acids is 1. The summed E-state index contributed by atoms with van der Waals surface area (Å²) in [6.45, 7) is -0.402. The second-order valence-corrected chi connectivity index (χ2v) is 11.9. The van der Waals surface area contributed by atoms with Gasteiger partial charge >= 0.3 is 0 Å². The molecule has 14 heteroatoms. The lowest BCUT2D eigenvalue weighted by atomic mass is 10.1. The third kappa shape index (κ3) is 5.53. The van der Waals surface area contributed by atoms with Crippen molar-refractivity contribution in [3.63, 3.8) is 0 Å². The van der Waals surface area contributed by atoms with E-state index in [9.17, 15) is 26.0 Å². The van der Waals surface area contributed by atoms with Crippen LogP contribution in [0.2, 0.25) is 5.02 Å². The Kier molecular flexibility index (Phi) is 6.79. The van der Waals surface area contributed by atoms with E-state index >= 15 is 0 Å². The summed E-state index contributed by atoms with van der Waals surface area (Å²) < 4.78 is 65.4. The first kappa shape index (κ1) is 23.0. The molecule has 1 aliphatic rings. The van der Waals surface area contributed by atoms with Gasteiger partial charge in [0.15, 0.2) is 0 Å². The molecule has 2 atom stereocenters. The number of anilines is 1. The third-order valence-corrected chi connectivity index (χ3v) is 8.07. The molecule has 0 aliphatic carbocycles. The van der Waals surface area contributed by atoms with Crippen LogP contribution in [-0.2, 0) is 24.8 Å². The molecule has 0 saturated carbocycles. The minimum Gasteiger partial charge on any atom is -0.325 e. The number of halogens is 2. The number of hydrogen-bond acceptors (Lipinski definition) is 7. The highest BCUT2D eigenvalue weighted by molar-refractivity contribution is 7.90. The Hall–Kier alpha value is -1.64. The van der Waals surface area contributed by atoms with Gasteiger partial charge in [0.25, 0.3) is 10.2 Å². The average Bonchev–Trinajstić information content (AvgIpc) is 3.16. The van der Waals surface area contributed by atoms with Gasteiger partial charge in [0.05, 0.1) is 16.8 Å². The highest BCUT2D eigenvalue weighted by Gasteiger charge is 2.43. The summed E-state index contributed by atoms with van der Waals surface area (Å²) >= 11 is 6.96. The van der Waals surface area contributed by atoms with Crippen LogP contribution in [0, 0.1) is 5.82 Å². The Bertz CT molecular complexity index is 1140. The van der Waals surface area contributed by atoms with E-state index in [4.69, 9.17) is 11.6 Å². The molecule has 0 spiro atoms. The average molecular weight is 497 g/mol. The zero-order valence-electron chi connectivity index (χ0n) is 15.6. The van der Waals surface area contributed by atoms with E-state index in [1.165, 1.54) is 29.7 Å². The minimum atomic E-state index is -4.18. The quantitative estimate of drug-likeness (QED) is 0.625. The molecule has 2 aromatic rings. The molecule has 1 aromatic carbocycles. The molecule has 1 aliphatic heterocycles. The lowest BCUT2D eigenvalue weighted by Crippen LogP contribution is -2.58. The molecule has 1 saturated heterocycles. The molecule has 2 heterocycles. The molecule has 1 amide bonds. The summed E-state index contributed by atoms with van der Waals surface area (Å²) in [6.07, 6.45) is 2.52. The summed E-state index contributed by atoms with van der Waals surface area (Å²) in [4.78, 5) is 17.1. The Balaban J connectivity index is 1.90. The summed E-state index contributed by atoms with van der Waals surface area (Å²) in [5.41, 5.74) is 0.177. The fourth-order valence-electron chi connectivity index (χ4n) is 2.93. The van der Waals surface area contributed by atoms with Gasteiger partial charge in [-0.25, -0.2) is 17.8 Å². The van der Waals surface area contributed by atoms with Crippen molar-refractivity contribution in [1.29, 1.82) is 0 Å². The van der Waals surface area contributed by atoms with E-state index in [2.05, 4.69) is 15.0 Å². The van der Waals surface area contributed by atoms with Gasteiger partial charge in [0, 0.05) is 30.1 Å². The number of nitrogens with zero attached hydrogens (tertiary/aromatic N) is 2. The minimum absolute atomic E-state index is 0.0251. The van der Waals surface area contributed by atoms with Gasteiger partial charge in [-0.3, -0.25) is 4.79 Å². The smallest absolute Gasteiger partial charge is 0.280 e. The number of nitrogens with one attached hydrogen (secondary N) is 2. The maximum absolute atomic E-state index is 13.4. The van der Waals surface area contributed by atoms with E-state index < -0.39 is 56.2 Å². The number of carbonyl (C=O) groups is 1. The van der Waals surface area contributed by atoms with Crippen LogP contribution in [0.4, 0.5) is 10.1 Å². The standard InChI is InChI=1S/C16H18ClFN4O5S3/c1-29(24,25)7-5-22-14(15(23)20-10-2-3-12(18)11(17)8-10)9-13(21-30(22,26)27)16-19-4-6-28-16/h2-4,6,8,13-14,21H,5,7,9H2,1H3,(H,20,23)/t13-,14+/m1/s1. The Morgan fingerprint density at radius 1 is 1.47 bits per heavy atom. The van der Waals surface area contributed by atoms with Crippen molar-refractivity contribution < 1.29 is 26.0 Å². The predicted molar refractivity (Wildman–Crippen MR) is 112 cm³/mol. The maximum Gasteiger partial charge on any atom is 0.280 e. The van der Waals surface area contributed by atoms with Crippen molar-refractivity contribution in [2.45, 2.75) is 18.5 Å².